The summed E-state index contributed by atoms with van der Waals surface area (Å²) in [5.74, 6) is 0. The van der Waals surface area contributed by atoms with Crippen molar-refractivity contribution in [3.05, 3.63) is 36.9 Å². The maximum Gasteiger partial charge on any atom is 0.0892 e. The van der Waals surface area contributed by atoms with Crippen LogP contribution in [0.5, 0.6) is 0 Å². The second-order valence-electron chi connectivity index (χ2n) is 2.58. The van der Waals surface area contributed by atoms with E-state index in [1.165, 1.54) is 0 Å². The summed E-state index contributed by atoms with van der Waals surface area (Å²) in [6.07, 6.45) is 8.29. The van der Waals surface area contributed by atoms with Crippen molar-refractivity contribution in [2.24, 2.45) is 7.05 Å². The predicted octanol–water partition coefficient (Wildman–Crippen LogP) is 1.28. The topological polar surface area (TPSA) is 30.7 Å². The molecule has 0 unspecified atom stereocenters. The molecule has 0 spiro atoms. The van der Waals surface area contributed by atoms with Gasteiger partial charge in [0.25, 0.3) is 0 Å². The van der Waals surface area contributed by atoms with Gasteiger partial charge in [-0.1, -0.05) is 0 Å². The Labute approximate surface area is 70.7 Å². The van der Waals surface area contributed by atoms with E-state index >= 15 is 0 Å². The second kappa shape index (κ2) is 2.77. The van der Waals surface area contributed by atoms with Crippen molar-refractivity contribution in [3.8, 4) is 11.1 Å². The molecule has 0 atom stereocenters. The Morgan fingerprint density at radius 3 is 2.92 bits per heavy atom. The first-order valence-electron chi connectivity index (χ1n) is 3.67. The molecule has 0 aliphatic heterocycles. The molecular weight excluding hydrogens is 150 g/mol. The van der Waals surface area contributed by atoms with Crippen molar-refractivity contribution in [3.63, 3.8) is 0 Å². The Hall–Kier alpha value is -1.64. The predicted molar refractivity (Wildman–Crippen MR) is 45.3 cm³/mol. The maximum atomic E-state index is 4.08. The molecule has 0 saturated carbocycles. The average Bonchev–Trinajstić information content (AvgIpc) is 2.54. The molecule has 3 heteroatoms. The number of hydrogen-bond acceptors (Lipinski definition) is 2. The summed E-state index contributed by atoms with van der Waals surface area (Å²) in [4.78, 5) is 3.83. The molecule has 0 aliphatic carbocycles. The minimum atomic E-state index is 1.09. The number of hydrogen-bond donors (Lipinski definition) is 0. The fourth-order valence-corrected chi connectivity index (χ4v) is 1.07. The lowest BCUT2D eigenvalue weighted by Crippen LogP contribution is -1.84. The van der Waals surface area contributed by atoms with E-state index in [1.807, 2.05) is 31.6 Å². The van der Waals surface area contributed by atoms with Crippen LogP contribution >= 0.6 is 0 Å². The van der Waals surface area contributed by atoms with Crippen LogP contribution in [-0.4, -0.2) is 14.8 Å². The highest BCUT2D eigenvalue weighted by atomic mass is 15.2. The molecule has 1 radical (unpaired) electrons. The van der Waals surface area contributed by atoms with Crippen LogP contribution in [0.15, 0.2) is 30.7 Å². The van der Waals surface area contributed by atoms with Crippen LogP contribution in [-0.2, 0) is 7.05 Å². The number of rotatable bonds is 1. The Kier molecular flexibility index (Phi) is 1.63. The van der Waals surface area contributed by atoms with Crippen molar-refractivity contribution >= 4 is 0 Å². The SMILES string of the molecule is Cn1cc(-c2c[c]ncc2)cn1. The van der Waals surface area contributed by atoms with Crippen LogP contribution in [0.3, 0.4) is 0 Å². The van der Waals surface area contributed by atoms with E-state index in [1.54, 1.807) is 10.9 Å². The van der Waals surface area contributed by atoms with Gasteiger partial charge in [0.1, 0.15) is 0 Å². The highest BCUT2D eigenvalue weighted by Gasteiger charge is 1.97. The smallest absolute Gasteiger partial charge is 0.0892 e. The van der Waals surface area contributed by atoms with Gasteiger partial charge in [0.2, 0.25) is 0 Å². The van der Waals surface area contributed by atoms with Crippen LogP contribution in [0.25, 0.3) is 11.1 Å². The summed E-state index contributed by atoms with van der Waals surface area (Å²) in [6, 6.07) is 3.78. The van der Waals surface area contributed by atoms with Gasteiger partial charge in [0.05, 0.1) is 12.4 Å². The molecule has 3 nitrogen and oxygen atoms in total. The summed E-state index contributed by atoms with van der Waals surface area (Å²) >= 11 is 0. The molecule has 0 fully saturated rings. The highest BCUT2D eigenvalue weighted by Crippen LogP contribution is 2.15. The maximum absolute atomic E-state index is 4.08. The molecule has 0 saturated heterocycles. The molecular formula is C9H8N3. The van der Waals surface area contributed by atoms with Crippen molar-refractivity contribution < 1.29 is 0 Å². The Morgan fingerprint density at radius 1 is 1.42 bits per heavy atom. The lowest BCUT2D eigenvalue weighted by Gasteiger charge is -1.92. The van der Waals surface area contributed by atoms with Gasteiger partial charge in [0, 0.05) is 25.0 Å². The molecule has 12 heavy (non-hydrogen) atoms. The molecule has 0 aliphatic rings. The molecule has 0 aromatic carbocycles. The average molecular weight is 158 g/mol. The van der Waals surface area contributed by atoms with Crippen molar-refractivity contribution in [1.29, 1.82) is 0 Å². The monoisotopic (exact) mass is 158 g/mol. The van der Waals surface area contributed by atoms with E-state index in [0.29, 0.717) is 0 Å². The van der Waals surface area contributed by atoms with Crippen molar-refractivity contribution in [1.82, 2.24) is 14.8 Å². The molecule has 2 rings (SSSR count). The lowest BCUT2D eigenvalue weighted by atomic mass is 10.2. The normalized spacial score (nSPS) is 10.1. The first-order chi connectivity index (χ1) is 5.86. The molecule has 2 aromatic heterocycles. The molecule has 2 heterocycles. The fraction of sp³-hybridized carbons (Fsp3) is 0.111. The van der Waals surface area contributed by atoms with Crippen LogP contribution in [0.4, 0.5) is 0 Å². The van der Waals surface area contributed by atoms with Crippen molar-refractivity contribution in [2.45, 2.75) is 0 Å². The minimum Gasteiger partial charge on any atom is -0.275 e. The van der Waals surface area contributed by atoms with Crippen LogP contribution in [0.2, 0.25) is 0 Å². The molecule has 0 bridgehead atoms. The lowest BCUT2D eigenvalue weighted by molar-refractivity contribution is 0.768. The zero-order chi connectivity index (χ0) is 8.39. The van der Waals surface area contributed by atoms with Gasteiger partial charge in [-0.3, -0.25) is 9.67 Å². The Balaban J connectivity index is 2.45. The standard InChI is InChI=1S/C9H8N3/c1-12-7-9(6-11-12)8-2-4-10-5-3-8/h2-4,6-7H,1H3. The van der Waals surface area contributed by atoms with E-state index in [4.69, 9.17) is 0 Å². The quantitative estimate of drug-likeness (QED) is 0.626. The summed E-state index contributed by atoms with van der Waals surface area (Å²) in [7, 11) is 1.90. The van der Waals surface area contributed by atoms with Gasteiger partial charge in [-0.05, 0) is 17.7 Å². The number of pyridine rings is 1. The third-order valence-corrected chi connectivity index (χ3v) is 1.66. The molecule has 59 valence electrons. The van der Waals surface area contributed by atoms with E-state index in [9.17, 15) is 0 Å². The van der Waals surface area contributed by atoms with Gasteiger partial charge >= 0.3 is 0 Å². The second-order valence-corrected chi connectivity index (χ2v) is 2.58. The van der Waals surface area contributed by atoms with Crippen LogP contribution in [0, 0.1) is 6.20 Å². The van der Waals surface area contributed by atoms with E-state index in [0.717, 1.165) is 11.1 Å². The summed E-state index contributed by atoms with van der Waals surface area (Å²) in [5, 5.41) is 4.08. The van der Waals surface area contributed by atoms with Gasteiger partial charge < -0.3 is 0 Å². The first kappa shape index (κ1) is 7.03. The largest absolute Gasteiger partial charge is 0.275 e. The third-order valence-electron chi connectivity index (χ3n) is 1.66. The summed E-state index contributed by atoms with van der Waals surface area (Å²) < 4.78 is 1.77. The van der Waals surface area contributed by atoms with Gasteiger partial charge in [-0.15, -0.1) is 0 Å². The molecule has 2 aromatic rings. The van der Waals surface area contributed by atoms with Crippen molar-refractivity contribution in [2.75, 3.05) is 0 Å². The van der Waals surface area contributed by atoms with Crippen LogP contribution in [0.1, 0.15) is 0 Å². The van der Waals surface area contributed by atoms with Gasteiger partial charge in [-0.25, -0.2) is 0 Å². The summed E-state index contributed by atoms with van der Waals surface area (Å²) in [6.45, 7) is 0. The van der Waals surface area contributed by atoms with E-state index in [2.05, 4.69) is 16.3 Å². The van der Waals surface area contributed by atoms with E-state index in [-0.39, 0.29) is 0 Å². The number of aryl methyl sites for hydroxylation is 1. The Bertz CT molecular complexity index is 364. The van der Waals surface area contributed by atoms with Gasteiger partial charge in [0.15, 0.2) is 0 Å². The molecule has 0 amide bonds. The molecule has 0 N–H and O–H groups in total. The minimum absolute atomic E-state index is 1.09. The summed E-state index contributed by atoms with van der Waals surface area (Å²) in [5.41, 5.74) is 2.19. The van der Waals surface area contributed by atoms with Gasteiger partial charge in [-0.2, -0.15) is 5.10 Å². The fourth-order valence-electron chi connectivity index (χ4n) is 1.07. The number of nitrogens with zero attached hydrogens (tertiary/aromatic N) is 3. The van der Waals surface area contributed by atoms with Crippen LogP contribution < -0.4 is 0 Å². The zero-order valence-corrected chi connectivity index (χ0v) is 6.73. The highest BCUT2D eigenvalue weighted by molar-refractivity contribution is 5.60. The van der Waals surface area contributed by atoms with E-state index < -0.39 is 0 Å². The first-order valence-corrected chi connectivity index (χ1v) is 3.67. The Morgan fingerprint density at radius 2 is 2.33 bits per heavy atom. The third kappa shape index (κ3) is 1.21. The number of aromatic nitrogens is 3. The zero-order valence-electron chi connectivity index (χ0n) is 6.73.